The van der Waals surface area contributed by atoms with E-state index in [1.165, 1.54) is 5.56 Å². The second kappa shape index (κ2) is 9.75. The van der Waals surface area contributed by atoms with E-state index in [9.17, 15) is 4.79 Å². The molecule has 8 heteroatoms. The lowest BCUT2D eigenvalue weighted by molar-refractivity contribution is 0.174. The zero-order valence-electron chi connectivity index (χ0n) is 19.6. The van der Waals surface area contributed by atoms with Gasteiger partial charge in [-0.25, -0.2) is 4.79 Å². The maximum absolute atomic E-state index is 12.7. The van der Waals surface area contributed by atoms with E-state index in [0.29, 0.717) is 48.8 Å². The first-order chi connectivity index (χ1) is 16.7. The molecule has 2 atom stereocenters. The number of urea groups is 1. The number of ether oxygens (including phenoxy) is 2. The van der Waals surface area contributed by atoms with Crippen LogP contribution in [0.15, 0.2) is 53.1 Å². The van der Waals surface area contributed by atoms with E-state index in [4.69, 9.17) is 14.0 Å². The Morgan fingerprint density at radius 2 is 1.94 bits per heavy atom. The van der Waals surface area contributed by atoms with Crippen molar-refractivity contribution in [3.05, 3.63) is 60.0 Å². The molecule has 2 amide bonds. The number of hydrogen-bond acceptors (Lipinski definition) is 6. The number of methoxy groups -OCH3 is 1. The smallest absolute Gasteiger partial charge is 0.317 e. The maximum atomic E-state index is 12.7. The largest absolute Gasteiger partial charge is 0.493 e. The summed E-state index contributed by atoms with van der Waals surface area (Å²) in [5.74, 6) is 3.04. The summed E-state index contributed by atoms with van der Waals surface area (Å²) >= 11 is 0. The van der Waals surface area contributed by atoms with E-state index in [1.54, 1.807) is 7.11 Å². The highest BCUT2D eigenvalue weighted by atomic mass is 16.5. The van der Waals surface area contributed by atoms with Crippen molar-refractivity contribution in [2.24, 2.45) is 0 Å². The highest BCUT2D eigenvalue weighted by Gasteiger charge is 2.40. The number of likely N-dealkylation sites (tertiary alicyclic amines) is 1. The zero-order valence-corrected chi connectivity index (χ0v) is 19.6. The average molecular weight is 463 g/mol. The van der Waals surface area contributed by atoms with Crippen LogP contribution < -0.4 is 14.8 Å². The molecule has 2 unspecified atom stereocenters. The number of amides is 2. The van der Waals surface area contributed by atoms with Gasteiger partial charge < -0.3 is 24.2 Å². The van der Waals surface area contributed by atoms with Gasteiger partial charge in [0.15, 0.2) is 11.5 Å². The molecule has 2 aliphatic rings. The molecule has 2 aromatic carbocycles. The third-order valence-corrected chi connectivity index (χ3v) is 6.62. The van der Waals surface area contributed by atoms with Gasteiger partial charge in [0.05, 0.1) is 13.7 Å². The third kappa shape index (κ3) is 4.71. The number of hydrogen-bond donors (Lipinski definition) is 1. The van der Waals surface area contributed by atoms with E-state index in [0.717, 1.165) is 24.8 Å². The van der Waals surface area contributed by atoms with E-state index >= 15 is 0 Å². The van der Waals surface area contributed by atoms with Crippen molar-refractivity contribution in [3.63, 3.8) is 0 Å². The number of aromatic nitrogens is 2. The number of benzene rings is 2. The Morgan fingerprint density at radius 1 is 1.15 bits per heavy atom. The minimum absolute atomic E-state index is 0.0228. The van der Waals surface area contributed by atoms with Crippen molar-refractivity contribution in [3.8, 4) is 22.9 Å². The molecule has 1 saturated carbocycles. The number of carbonyl (C=O) groups excluding carboxylic acids is 1. The van der Waals surface area contributed by atoms with Crippen molar-refractivity contribution in [1.29, 1.82) is 0 Å². The SMILES string of the molecule is CCOc1ccc(-c2noc(C3CCN(C(=O)NC4CC4c4ccccc4)CC3)n2)cc1OC. The van der Waals surface area contributed by atoms with Crippen LogP contribution in [0.4, 0.5) is 4.79 Å². The van der Waals surface area contributed by atoms with Gasteiger partial charge in [-0.1, -0.05) is 35.5 Å². The Hall–Kier alpha value is -3.55. The van der Waals surface area contributed by atoms with Crippen molar-refractivity contribution >= 4 is 6.03 Å². The molecule has 8 nitrogen and oxygen atoms in total. The summed E-state index contributed by atoms with van der Waals surface area (Å²) in [5.41, 5.74) is 2.10. The van der Waals surface area contributed by atoms with Crippen LogP contribution in [-0.4, -0.2) is 53.9 Å². The van der Waals surface area contributed by atoms with Gasteiger partial charge in [0.25, 0.3) is 0 Å². The quantitative estimate of drug-likeness (QED) is 0.552. The van der Waals surface area contributed by atoms with Crippen LogP contribution in [0, 0.1) is 0 Å². The van der Waals surface area contributed by atoms with Crippen LogP contribution in [0.2, 0.25) is 0 Å². The van der Waals surface area contributed by atoms with Gasteiger partial charge in [0.1, 0.15) is 0 Å². The monoisotopic (exact) mass is 462 g/mol. The molecule has 2 fully saturated rings. The molecule has 34 heavy (non-hydrogen) atoms. The molecule has 1 aliphatic heterocycles. The van der Waals surface area contributed by atoms with Gasteiger partial charge in [-0.2, -0.15) is 4.98 Å². The molecular weight excluding hydrogens is 432 g/mol. The van der Waals surface area contributed by atoms with Crippen LogP contribution in [0.5, 0.6) is 11.5 Å². The Morgan fingerprint density at radius 3 is 2.68 bits per heavy atom. The first kappa shape index (κ1) is 22.3. The summed E-state index contributed by atoms with van der Waals surface area (Å²) in [4.78, 5) is 19.3. The van der Waals surface area contributed by atoms with E-state index < -0.39 is 0 Å². The van der Waals surface area contributed by atoms with Gasteiger partial charge in [0.2, 0.25) is 11.7 Å². The standard InChI is InChI=1S/C26H30N4O4/c1-3-33-22-10-9-19(15-23(22)32-2)24-28-25(34-29-24)18-11-13-30(14-12-18)26(31)27-21-16-20(21)17-7-5-4-6-8-17/h4-10,15,18,20-21H,3,11-14,16H2,1-2H3,(H,27,31). The van der Waals surface area contributed by atoms with Crippen LogP contribution in [0.3, 0.4) is 0 Å². The normalized spacial score (nSPS) is 20.1. The summed E-state index contributed by atoms with van der Waals surface area (Å²) in [6.07, 6.45) is 2.61. The van der Waals surface area contributed by atoms with Crippen molar-refractivity contribution in [1.82, 2.24) is 20.4 Å². The fourth-order valence-corrected chi connectivity index (χ4v) is 4.60. The van der Waals surface area contributed by atoms with Crippen LogP contribution in [0.1, 0.15) is 49.5 Å². The fraction of sp³-hybridized carbons (Fsp3) is 0.423. The zero-order chi connectivity index (χ0) is 23.5. The topological polar surface area (TPSA) is 89.7 Å². The van der Waals surface area contributed by atoms with Gasteiger partial charge in [-0.3, -0.25) is 0 Å². The van der Waals surface area contributed by atoms with Crippen LogP contribution in [0.25, 0.3) is 11.4 Å². The number of piperidine rings is 1. The highest BCUT2D eigenvalue weighted by molar-refractivity contribution is 5.75. The van der Waals surface area contributed by atoms with Crippen LogP contribution >= 0.6 is 0 Å². The molecule has 0 radical (unpaired) electrons. The number of nitrogens with one attached hydrogen (secondary N) is 1. The lowest BCUT2D eigenvalue weighted by atomic mass is 9.97. The Balaban J connectivity index is 1.15. The fourth-order valence-electron chi connectivity index (χ4n) is 4.60. The summed E-state index contributed by atoms with van der Waals surface area (Å²) < 4.78 is 16.6. The summed E-state index contributed by atoms with van der Waals surface area (Å²) in [7, 11) is 1.61. The predicted octanol–water partition coefficient (Wildman–Crippen LogP) is 4.59. The Labute approximate surface area is 199 Å². The number of nitrogens with zero attached hydrogens (tertiary/aromatic N) is 3. The predicted molar refractivity (Wildman–Crippen MR) is 127 cm³/mol. The summed E-state index contributed by atoms with van der Waals surface area (Å²) in [6, 6.07) is 16.2. The molecule has 0 bridgehead atoms. The molecular formula is C26H30N4O4. The van der Waals surface area contributed by atoms with E-state index in [-0.39, 0.29) is 18.0 Å². The highest BCUT2D eigenvalue weighted by Crippen LogP contribution is 2.41. The molecule has 5 rings (SSSR count). The Bertz CT molecular complexity index is 1120. The lowest BCUT2D eigenvalue weighted by Gasteiger charge is -2.30. The lowest BCUT2D eigenvalue weighted by Crippen LogP contribution is -2.45. The third-order valence-electron chi connectivity index (χ3n) is 6.62. The van der Waals surface area contributed by atoms with E-state index in [1.807, 2.05) is 48.2 Å². The molecule has 1 aliphatic carbocycles. The van der Waals surface area contributed by atoms with Crippen molar-refractivity contribution < 1.29 is 18.8 Å². The molecule has 1 saturated heterocycles. The Kier molecular flexibility index (Phi) is 6.38. The molecule has 1 aromatic heterocycles. The first-order valence-electron chi connectivity index (χ1n) is 11.9. The number of rotatable bonds is 7. The van der Waals surface area contributed by atoms with Gasteiger partial charge >= 0.3 is 6.03 Å². The second-order valence-electron chi connectivity index (χ2n) is 8.83. The number of carbonyl (C=O) groups is 1. The maximum Gasteiger partial charge on any atom is 0.317 e. The van der Waals surface area contributed by atoms with Crippen molar-refractivity contribution in [2.75, 3.05) is 26.8 Å². The summed E-state index contributed by atoms with van der Waals surface area (Å²) in [5, 5.41) is 7.37. The molecule has 0 spiro atoms. The minimum atomic E-state index is 0.0228. The van der Waals surface area contributed by atoms with Gasteiger partial charge in [0, 0.05) is 36.5 Å². The van der Waals surface area contributed by atoms with Crippen molar-refractivity contribution in [2.45, 2.75) is 44.1 Å². The molecule has 2 heterocycles. The first-order valence-corrected chi connectivity index (χ1v) is 11.9. The molecule has 1 N–H and O–H groups in total. The summed E-state index contributed by atoms with van der Waals surface area (Å²) in [6.45, 7) is 3.84. The average Bonchev–Trinajstić information content (AvgIpc) is 3.47. The van der Waals surface area contributed by atoms with Gasteiger partial charge in [-0.15, -0.1) is 0 Å². The minimum Gasteiger partial charge on any atom is -0.493 e. The van der Waals surface area contributed by atoms with E-state index in [2.05, 4.69) is 27.6 Å². The van der Waals surface area contributed by atoms with Gasteiger partial charge in [-0.05, 0) is 49.9 Å². The second-order valence-corrected chi connectivity index (χ2v) is 8.83. The molecule has 3 aromatic rings. The van der Waals surface area contributed by atoms with Crippen LogP contribution in [-0.2, 0) is 0 Å². The molecule has 178 valence electrons.